The number of aryl methyl sites for hydroxylation is 1. The summed E-state index contributed by atoms with van der Waals surface area (Å²) < 4.78 is 5.61. The van der Waals surface area contributed by atoms with Crippen LogP contribution >= 0.6 is 11.6 Å². The predicted molar refractivity (Wildman–Crippen MR) is 87.1 cm³/mol. The largest absolute Gasteiger partial charge is 0.441 e. The van der Waals surface area contributed by atoms with Gasteiger partial charge in [0.1, 0.15) is 5.76 Å². The number of halogens is 1. The molecule has 2 aromatic rings. The number of carbonyl (C=O) groups excluding carboxylic acids is 2. The van der Waals surface area contributed by atoms with E-state index in [1.54, 1.807) is 13.0 Å². The molecule has 0 aliphatic rings. The van der Waals surface area contributed by atoms with Crippen LogP contribution in [0.15, 0.2) is 28.7 Å². The maximum Gasteiger partial charge on any atom is 0.228 e. The molecule has 2 N–H and O–H groups in total. The minimum absolute atomic E-state index is 0.111. The van der Waals surface area contributed by atoms with Gasteiger partial charge in [-0.15, -0.1) is 0 Å². The third-order valence-corrected chi connectivity index (χ3v) is 3.48. The molecule has 1 heterocycles. The average Bonchev–Trinajstić information content (AvgIpc) is 2.85. The fourth-order valence-electron chi connectivity index (χ4n) is 2.00. The van der Waals surface area contributed by atoms with E-state index in [1.807, 2.05) is 18.2 Å². The first-order chi connectivity index (χ1) is 11.0. The Morgan fingerprint density at radius 2 is 1.91 bits per heavy atom. The van der Waals surface area contributed by atoms with Crippen LogP contribution in [-0.2, 0) is 16.0 Å². The van der Waals surface area contributed by atoms with Crippen molar-refractivity contribution in [2.75, 3.05) is 13.1 Å². The van der Waals surface area contributed by atoms with Crippen LogP contribution in [0.25, 0.3) is 11.5 Å². The molecule has 0 aliphatic heterocycles. The van der Waals surface area contributed by atoms with Gasteiger partial charge in [0.05, 0.1) is 22.7 Å². The molecule has 2 amide bonds. The zero-order valence-electron chi connectivity index (χ0n) is 13.0. The van der Waals surface area contributed by atoms with Crippen LogP contribution < -0.4 is 10.6 Å². The standard InChI is InChI=1S/C16H18ClN3O3/c1-10-14(9-15(22)19-8-7-18-11(2)21)20-16(23-10)12-5-3-4-6-13(12)17/h3-6H,7-9H2,1-2H3,(H,18,21)(H,19,22). The van der Waals surface area contributed by atoms with Crippen molar-refractivity contribution < 1.29 is 14.0 Å². The van der Waals surface area contributed by atoms with E-state index < -0.39 is 0 Å². The Hall–Kier alpha value is -2.34. The first-order valence-electron chi connectivity index (χ1n) is 7.19. The molecule has 0 fully saturated rings. The van der Waals surface area contributed by atoms with Gasteiger partial charge in [0, 0.05) is 20.0 Å². The van der Waals surface area contributed by atoms with E-state index in [-0.39, 0.29) is 18.2 Å². The van der Waals surface area contributed by atoms with E-state index in [0.717, 1.165) is 0 Å². The lowest BCUT2D eigenvalue weighted by molar-refractivity contribution is -0.121. The summed E-state index contributed by atoms with van der Waals surface area (Å²) >= 11 is 6.12. The van der Waals surface area contributed by atoms with Gasteiger partial charge in [-0.2, -0.15) is 0 Å². The zero-order chi connectivity index (χ0) is 16.8. The van der Waals surface area contributed by atoms with Gasteiger partial charge in [-0.25, -0.2) is 4.98 Å². The molecular weight excluding hydrogens is 318 g/mol. The van der Waals surface area contributed by atoms with Crippen molar-refractivity contribution in [3.05, 3.63) is 40.7 Å². The van der Waals surface area contributed by atoms with Crippen molar-refractivity contribution in [3.63, 3.8) is 0 Å². The van der Waals surface area contributed by atoms with Crippen LogP contribution in [0, 0.1) is 6.92 Å². The van der Waals surface area contributed by atoms with Crippen LogP contribution in [0.4, 0.5) is 0 Å². The summed E-state index contributed by atoms with van der Waals surface area (Å²) in [7, 11) is 0. The number of rotatable bonds is 6. The van der Waals surface area contributed by atoms with E-state index >= 15 is 0 Å². The Balaban J connectivity index is 1.98. The number of aromatic nitrogens is 1. The van der Waals surface area contributed by atoms with Crippen LogP contribution in [0.1, 0.15) is 18.4 Å². The van der Waals surface area contributed by atoms with Gasteiger partial charge in [0.2, 0.25) is 17.7 Å². The summed E-state index contributed by atoms with van der Waals surface area (Å²) in [5, 5.41) is 5.86. The molecule has 6 nitrogen and oxygen atoms in total. The van der Waals surface area contributed by atoms with Crippen molar-refractivity contribution >= 4 is 23.4 Å². The highest BCUT2D eigenvalue weighted by atomic mass is 35.5. The third kappa shape index (κ3) is 4.82. The van der Waals surface area contributed by atoms with Crippen molar-refractivity contribution in [1.29, 1.82) is 0 Å². The normalized spacial score (nSPS) is 10.4. The van der Waals surface area contributed by atoms with Crippen LogP contribution in [-0.4, -0.2) is 29.9 Å². The zero-order valence-corrected chi connectivity index (χ0v) is 13.7. The van der Waals surface area contributed by atoms with Crippen LogP contribution in [0.3, 0.4) is 0 Å². The van der Waals surface area contributed by atoms with Gasteiger partial charge < -0.3 is 15.1 Å². The number of hydrogen-bond acceptors (Lipinski definition) is 4. The second-order valence-corrected chi connectivity index (χ2v) is 5.42. The highest BCUT2D eigenvalue weighted by Crippen LogP contribution is 2.28. The minimum atomic E-state index is -0.183. The van der Waals surface area contributed by atoms with Gasteiger partial charge in [-0.3, -0.25) is 9.59 Å². The maximum absolute atomic E-state index is 11.9. The lowest BCUT2D eigenvalue weighted by Crippen LogP contribution is -2.34. The molecule has 0 saturated heterocycles. The van der Waals surface area contributed by atoms with Crippen molar-refractivity contribution in [2.45, 2.75) is 20.3 Å². The summed E-state index contributed by atoms with van der Waals surface area (Å²) in [6, 6.07) is 7.23. The number of amides is 2. The second kappa shape index (κ2) is 7.78. The van der Waals surface area contributed by atoms with Gasteiger partial charge in [0.25, 0.3) is 0 Å². The highest BCUT2D eigenvalue weighted by molar-refractivity contribution is 6.33. The molecule has 0 aliphatic carbocycles. The minimum Gasteiger partial charge on any atom is -0.441 e. The van der Waals surface area contributed by atoms with Gasteiger partial charge in [0.15, 0.2) is 0 Å². The lowest BCUT2D eigenvalue weighted by Gasteiger charge is -2.04. The Kier molecular flexibility index (Phi) is 5.76. The topological polar surface area (TPSA) is 84.2 Å². The Bertz CT molecular complexity index is 712. The van der Waals surface area contributed by atoms with Crippen molar-refractivity contribution in [2.24, 2.45) is 0 Å². The fraction of sp³-hybridized carbons (Fsp3) is 0.312. The summed E-state index contributed by atoms with van der Waals surface area (Å²) in [6.45, 7) is 3.94. The number of oxazole rings is 1. The monoisotopic (exact) mass is 335 g/mol. The predicted octanol–water partition coefficient (Wildman–Crippen LogP) is 2.10. The summed E-state index contributed by atoms with van der Waals surface area (Å²) in [4.78, 5) is 27.0. The Morgan fingerprint density at radius 3 is 2.61 bits per heavy atom. The van der Waals surface area contributed by atoms with Crippen LogP contribution in [0.5, 0.6) is 0 Å². The highest BCUT2D eigenvalue weighted by Gasteiger charge is 2.16. The van der Waals surface area contributed by atoms with E-state index in [9.17, 15) is 9.59 Å². The molecule has 0 spiro atoms. The molecule has 1 aromatic heterocycles. The first kappa shape index (κ1) is 17.0. The molecule has 122 valence electrons. The molecular formula is C16H18ClN3O3. The van der Waals surface area contributed by atoms with E-state index in [0.29, 0.717) is 41.0 Å². The fourth-order valence-corrected chi connectivity index (χ4v) is 2.21. The number of benzene rings is 1. The molecule has 7 heteroatoms. The number of nitrogens with zero attached hydrogens (tertiary/aromatic N) is 1. The van der Waals surface area contributed by atoms with E-state index in [1.165, 1.54) is 6.92 Å². The molecule has 0 unspecified atom stereocenters. The molecule has 0 atom stereocenters. The van der Waals surface area contributed by atoms with E-state index in [2.05, 4.69) is 15.6 Å². The number of carbonyl (C=O) groups is 2. The summed E-state index contributed by atoms with van der Waals surface area (Å²) in [5.74, 6) is 0.666. The van der Waals surface area contributed by atoms with Crippen molar-refractivity contribution in [3.8, 4) is 11.5 Å². The summed E-state index contributed by atoms with van der Waals surface area (Å²) in [5.41, 5.74) is 1.26. The molecule has 2 rings (SSSR count). The number of hydrogen-bond donors (Lipinski definition) is 2. The molecule has 0 radical (unpaired) electrons. The quantitative estimate of drug-likeness (QED) is 0.792. The smallest absolute Gasteiger partial charge is 0.228 e. The molecule has 0 bridgehead atoms. The van der Waals surface area contributed by atoms with Gasteiger partial charge >= 0.3 is 0 Å². The number of nitrogens with one attached hydrogen (secondary N) is 2. The SMILES string of the molecule is CC(=O)NCCNC(=O)Cc1nc(-c2ccccc2Cl)oc1C. The summed E-state index contributed by atoms with van der Waals surface area (Å²) in [6.07, 6.45) is 0.111. The third-order valence-electron chi connectivity index (χ3n) is 3.15. The Morgan fingerprint density at radius 1 is 1.22 bits per heavy atom. The molecule has 23 heavy (non-hydrogen) atoms. The van der Waals surface area contributed by atoms with Gasteiger partial charge in [-0.05, 0) is 19.1 Å². The van der Waals surface area contributed by atoms with Gasteiger partial charge in [-0.1, -0.05) is 23.7 Å². The average molecular weight is 336 g/mol. The lowest BCUT2D eigenvalue weighted by atomic mass is 10.2. The van der Waals surface area contributed by atoms with Crippen molar-refractivity contribution in [1.82, 2.24) is 15.6 Å². The molecule has 0 saturated carbocycles. The van der Waals surface area contributed by atoms with E-state index in [4.69, 9.17) is 16.0 Å². The van der Waals surface area contributed by atoms with Crippen LogP contribution in [0.2, 0.25) is 5.02 Å². The second-order valence-electron chi connectivity index (χ2n) is 5.01. The first-order valence-corrected chi connectivity index (χ1v) is 7.57. The Labute approximate surface area is 139 Å². The maximum atomic E-state index is 11.9. The molecule has 1 aromatic carbocycles.